The lowest BCUT2D eigenvalue weighted by Crippen LogP contribution is -2.61. The lowest BCUT2D eigenvalue weighted by atomic mass is 9.78. The van der Waals surface area contributed by atoms with Crippen LogP contribution in [-0.2, 0) is 113 Å². The Kier molecular flexibility index (Phi) is 37.6. The van der Waals surface area contributed by atoms with Crippen LogP contribution in [0.5, 0.6) is 0 Å². The summed E-state index contributed by atoms with van der Waals surface area (Å²) < 4.78 is 73.2. The highest BCUT2D eigenvalue weighted by molar-refractivity contribution is 6.39. The average Bonchev–Trinajstić information content (AvgIpc) is 1.67. The van der Waals surface area contributed by atoms with E-state index in [0.29, 0.717) is 186 Å². The topological polar surface area (TPSA) is 500 Å². The zero-order valence-corrected chi connectivity index (χ0v) is 83.7. The summed E-state index contributed by atoms with van der Waals surface area (Å²) in [4.78, 5) is 152. The molecule has 40 heteroatoms. The SMILES string of the molecule is CO[C@H]1C[C@@H]2CC[C@@H](C)[C@@](O)(O2)C(=O)C(=O)N2CCCC[C@H]2C(=O)O[C@H]([C@H](C)C[C@@H]2CC[C@@H](OC(=O)N3CCc4nc(N5CCN(c6ncc(C(=O)NCCOCCOCCOCCOCCC(=O)N7CCc8cc(Cn9nc(-c%10ccc%11oc(N)nc%11c%10)c%10c(N)ncnc%109)ccc8C7)cn6)[C@@H](C(=O)O)C5)ncc4C3)[C@H](OC)C2)C[C@@H](OC)[C@H](C)/C=C(\C)[C@@H](O)[C@@H](OC)C(=O)[C@H](C)C[C@H](C)/C=C/C=C/C=C/1C. The molecule has 3 saturated heterocycles. The number of methoxy groups -OCH3 is 4. The molecule has 0 unspecified atom stereocenters. The molecule has 11 heterocycles. The summed E-state index contributed by atoms with van der Waals surface area (Å²) in [5.74, 6) is -8.40. The van der Waals surface area contributed by atoms with Crippen LogP contribution in [0.25, 0.3) is 33.4 Å². The predicted octanol–water partition coefficient (Wildman–Crippen LogP) is 9.12. The van der Waals surface area contributed by atoms with Crippen LogP contribution >= 0.6 is 0 Å². The second-order valence-electron chi connectivity index (χ2n) is 38.8. The van der Waals surface area contributed by atoms with Crippen LogP contribution in [0.4, 0.5) is 28.5 Å². The van der Waals surface area contributed by atoms with Crippen LogP contribution in [0.2, 0.25) is 0 Å². The largest absolute Gasteiger partial charge is 0.480 e. The summed E-state index contributed by atoms with van der Waals surface area (Å²) in [5, 5.41) is 43.0. The number of Topliss-reactive ketones (excluding diaryl/α,β-unsaturated/α-hetero) is 2. The molecule has 2 bridgehead atoms. The average molecular weight is 1980 g/mol. The van der Waals surface area contributed by atoms with Crippen molar-refractivity contribution in [2.75, 3.05) is 148 Å². The normalized spacial score (nSPS) is 27.4. The highest BCUT2D eigenvalue weighted by atomic mass is 16.6. The van der Waals surface area contributed by atoms with Gasteiger partial charge in [0.05, 0.1) is 120 Å². The first-order valence-electron chi connectivity index (χ1n) is 49.9. The number of aliphatic hydroxyl groups is 2. The molecule has 8 N–H and O–H groups in total. The van der Waals surface area contributed by atoms with E-state index in [0.717, 1.165) is 22.3 Å². The number of nitrogens with one attached hydrogen (secondary N) is 1. The lowest BCUT2D eigenvalue weighted by molar-refractivity contribution is -0.265. The highest BCUT2D eigenvalue weighted by Crippen LogP contribution is 2.41. The first-order chi connectivity index (χ1) is 68.9. The van der Waals surface area contributed by atoms with E-state index in [1.165, 1.54) is 36.3 Å². The number of rotatable bonds is 30. The molecular formula is C103H139N17O23. The number of amides is 4. The number of piperazine rings is 1. The third-order valence-electron chi connectivity index (χ3n) is 28.8. The van der Waals surface area contributed by atoms with E-state index in [4.69, 9.17) is 78.1 Å². The van der Waals surface area contributed by atoms with Crippen molar-refractivity contribution in [1.82, 2.24) is 64.7 Å². The molecule has 17 atom stereocenters. The van der Waals surface area contributed by atoms with Crippen molar-refractivity contribution in [1.29, 1.82) is 0 Å². The third-order valence-corrected chi connectivity index (χ3v) is 28.8. The Morgan fingerprint density at radius 2 is 1.42 bits per heavy atom. The van der Waals surface area contributed by atoms with E-state index in [-0.39, 0.29) is 132 Å². The van der Waals surface area contributed by atoms with E-state index in [1.54, 1.807) is 62.1 Å². The summed E-state index contributed by atoms with van der Waals surface area (Å²) in [6.07, 6.45) is 17.0. The minimum Gasteiger partial charge on any atom is -0.480 e. The zero-order valence-electron chi connectivity index (χ0n) is 83.7. The second kappa shape index (κ2) is 50.2. The Labute approximate surface area is 832 Å². The highest BCUT2D eigenvalue weighted by Gasteiger charge is 2.54. The number of hydrogen-bond donors (Lipinski definition) is 6. The van der Waals surface area contributed by atoms with Crippen LogP contribution in [0.1, 0.15) is 170 Å². The number of cyclic esters (lactones) is 1. The number of allylic oxidation sites excluding steroid dienone is 5. The van der Waals surface area contributed by atoms with Gasteiger partial charge in [0.2, 0.25) is 23.6 Å². The number of ketones is 2. The van der Waals surface area contributed by atoms with Gasteiger partial charge in [-0.25, -0.2) is 49.0 Å². The van der Waals surface area contributed by atoms with Gasteiger partial charge in [-0.15, -0.1) is 0 Å². The van der Waals surface area contributed by atoms with Crippen molar-refractivity contribution >= 4 is 93.2 Å². The van der Waals surface area contributed by atoms with Gasteiger partial charge in [-0.1, -0.05) is 89.3 Å². The first kappa shape index (κ1) is 107. The predicted molar refractivity (Wildman–Crippen MR) is 526 cm³/mol. The van der Waals surface area contributed by atoms with Crippen LogP contribution in [0.3, 0.4) is 0 Å². The number of ether oxygens (including phenoxy) is 11. The van der Waals surface area contributed by atoms with E-state index < -0.39 is 120 Å². The lowest BCUT2D eigenvalue weighted by Gasteiger charge is -2.43. The number of nitrogen functional groups attached to an aromatic ring is 2. The van der Waals surface area contributed by atoms with Crippen LogP contribution < -0.4 is 26.6 Å². The summed E-state index contributed by atoms with van der Waals surface area (Å²) in [7, 11) is 6.12. The zero-order chi connectivity index (χ0) is 102. The summed E-state index contributed by atoms with van der Waals surface area (Å²) in [6, 6.07) is 9.58. The number of anilines is 4. The number of esters is 1. The quantitative estimate of drug-likeness (QED) is 0.0106. The number of hydrogen-bond acceptors (Lipinski definition) is 34. The number of nitrogens with zero attached hydrogens (tertiary/aromatic N) is 14. The monoisotopic (exact) mass is 1980 g/mol. The number of fused-ring (bicyclic) bond motifs is 7. The number of aromatic nitrogens is 9. The molecule has 0 spiro atoms. The minimum atomic E-state index is -2.48. The van der Waals surface area contributed by atoms with Crippen molar-refractivity contribution in [3.05, 3.63) is 142 Å². The molecule has 143 heavy (non-hydrogen) atoms. The van der Waals surface area contributed by atoms with Gasteiger partial charge in [0.15, 0.2) is 17.0 Å². The Bertz CT molecular complexity index is 5700. The Hall–Kier alpha value is -11.7. The van der Waals surface area contributed by atoms with Crippen LogP contribution in [0, 0.1) is 35.5 Å². The number of carbonyl (C=O) groups is 8. The maximum Gasteiger partial charge on any atom is 0.410 e. The smallest absolute Gasteiger partial charge is 0.410 e. The van der Waals surface area contributed by atoms with Gasteiger partial charge < -0.3 is 113 Å². The number of oxazole rings is 1. The molecule has 1 saturated carbocycles. The van der Waals surface area contributed by atoms with Gasteiger partial charge in [-0.2, -0.15) is 10.1 Å². The molecule has 14 rings (SSSR count). The van der Waals surface area contributed by atoms with E-state index in [9.17, 15) is 48.9 Å². The molecule has 0 radical (unpaired) electrons. The molecule has 40 nitrogen and oxygen atoms in total. The van der Waals surface area contributed by atoms with Crippen molar-refractivity contribution < 1.29 is 110 Å². The van der Waals surface area contributed by atoms with Gasteiger partial charge in [0.1, 0.15) is 59.9 Å². The Morgan fingerprint density at radius 1 is 0.685 bits per heavy atom. The summed E-state index contributed by atoms with van der Waals surface area (Å²) >= 11 is 0. The van der Waals surface area contributed by atoms with Crippen molar-refractivity contribution in [3.8, 4) is 11.3 Å². The molecule has 2 aromatic carbocycles. The number of carbonyl (C=O) groups excluding carboxylic acids is 7. The van der Waals surface area contributed by atoms with Crippen molar-refractivity contribution in [2.45, 2.75) is 231 Å². The molecule has 4 amide bonds. The molecule has 6 aliphatic heterocycles. The van der Waals surface area contributed by atoms with Gasteiger partial charge in [0, 0.05) is 141 Å². The minimum absolute atomic E-state index is 0.00645. The number of carboxylic acids is 1. The molecule has 7 aliphatic rings. The molecular weight excluding hydrogens is 1840 g/mol. The number of aliphatic hydroxyl groups excluding tert-OH is 1. The van der Waals surface area contributed by atoms with Crippen molar-refractivity contribution in [2.24, 2.45) is 35.5 Å². The van der Waals surface area contributed by atoms with Gasteiger partial charge in [-0.3, -0.25) is 24.0 Å². The molecule has 1 aliphatic carbocycles. The molecule has 774 valence electrons. The fraction of sp³-hybridized carbons (Fsp3) is 0.592. The molecule has 4 fully saturated rings. The Morgan fingerprint density at radius 3 is 2.16 bits per heavy atom. The van der Waals surface area contributed by atoms with E-state index in [1.807, 2.05) is 98.9 Å². The fourth-order valence-electron chi connectivity index (χ4n) is 20.4. The Balaban J connectivity index is 0.493. The first-order valence-corrected chi connectivity index (χ1v) is 49.9. The van der Waals surface area contributed by atoms with Crippen LogP contribution in [-0.4, -0.2) is 316 Å². The van der Waals surface area contributed by atoms with Gasteiger partial charge >= 0.3 is 18.0 Å². The number of aliphatic carboxylic acids is 1. The van der Waals surface area contributed by atoms with Crippen LogP contribution in [0.15, 0.2) is 113 Å². The number of piperidine rings is 1. The van der Waals surface area contributed by atoms with E-state index in [2.05, 4.69) is 47.4 Å². The molecule has 5 aromatic heterocycles. The number of nitrogens with two attached hydrogens (primary N) is 2. The third kappa shape index (κ3) is 26.9. The van der Waals surface area contributed by atoms with Gasteiger partial charge in [0.25, 0.3) is 23.6 Å². The standard InChI is InChI=1S/C103H139N17O23/c1-61-17-13-12-14-18-62(2)82(132-8)51-75-25-20-67(7)103(131,143-75)92(124)96(126)118-32-16-15-19-78(118)98(129)140-84(52-83(133-9)63(3)46-66(6)90(123)91(135-11)89(122)65(5)45-61)64(4)47-68-22-26-81(85(49-68)134-10)142-102(130)117-34-29-76-74(58-117)55-109-101(113-76)116-35-36-119(79(59-116)97(127)128)100-107-53-73(54-108-100)95(125)106-31-38-137-40-42-139-44-43-138-41-39-136-37-30-86(121)115-33-28-70-48-69(21-23-72(70)57-115)56-120-94-87(93(104)110-60-111-94)88(114-120)71-24-27-80-77(50-71)112-99(105)141-80/h12-14,17-18,21,23-24,27,46,48,50,53-55,60-61,63-65,67-68,75,78-79,81-85,90-91,123,131H,15-16,19-20,22,25-26,28-45,47,49,51-52,56-59H2,1-11H3,(H2,105,112)(H,106,125)(H,127,128)(H2,104,110,111)/b14-12+,17-13+,62-18+,66-46+/t61-,63-,64-,65-,67-,68+,75+,78+,79-,81-,82+,83-,84+,85-,90-,91+,103-/m1/s1. The number of carboxylic acid groups (broad SMARTS) is 1. The summed E-state index contributed by atoms with van der Waals surface area (Å²) in [5.41, 5.74) is 21.6. The van der Waals surface area contributed by atoms with E-state index >= 15 is 4.79 Å². The second-order valence-corrected chi connectivity index (χ2v) is 38.8. The van der Waals surface area contributed by atoms with Gasteiger partial charge in [-0.05, 0) is 148 Å². The number of benzene rings is 2. The maximum absolute atomic E-state index is 15.1. The maximum atomic E-state index is 15.1. The summed E-state index contributed by atoms with van der Waals surface area (Å²) in [6.45, 7) is 18.2. The fourth-order valence-corrected chi connectivity index (χ4v) is 20.4. The van der Waals surface area contributed by atoms with Crippen molar-refractivity contribution in [3.63, 3.8) is 0 Å². The molecule has 7 aromatic rings.